The van der Waals surface area contributed by atoms with Gasteiger partial charge in [-0.25, -0.2) is 4.39 Å². The normalized spacial score (nSPS) is 16.9. The molecule has 24 heavy (non-hydrogen) atoms. The van der Waals surface area contributed by atoms with Gasteiger partial charge in [0.05, 0.1) is 24.6 Å². The summed E-state index contributed by atoms with van der Waals surface area (Å²) < 4.78 is 19.0. The minimum absolute atomic E-state index is 0.0320. The number of methoxy groups -OCH3 is 1. The monoisotopic (exact) mass is 329 g/mol. The molecule has 0 radical (unpaired) electrons. The Morgan fingerprint density at radius 2 is 2.25 bits per heavy atom. The molecule has 5 nitrogen and oxygen atoms in total. The average Bonchev–Trinajstić information content (AvgIpc) is 3.09. The SMILES string of the molecule is COc1ccccc1N1CCC(CNC(=O)c2ccncc2F)C1. The standard InChI is InChI=1S/C18H20FN3O2/c1-24-17-5-3-2-4-16(17)22-9-7-13(12-22)10-21-18(23)14-6-8-20-11-15(14)19/h2-6,8,11,13H,7,9-10,12H2,1H3,(H,21,23). The summed E-state index contributed by atoms with van der Waals surface area (Å²) in [5.74, 6) is 0.174. The van der Waals surface area contributed by atoms with Crippen molar-refractivity contribution >= 4 is 11.6 Å². The Bertz CT molecular complexity index is 723. The van der Waals surface area contributed by atoms with Crippen LogP contribution in [0.4, 0.5) is 10.1 Å². The zero-order chi connectivity index (χ0) is 16.9. The van der Waals surface area contributed by atoms with Gasteiger partial charge in [0.25, 0.3) is 5.91 Å². The van der Waals surface area contributed by atoms with Crippen LogP contribution in [0.1, 0.15) is 16.8 Å². The van der Waals surface area contributed by atoms with E-state index in [4.69, 9.17) is 4.74 Å². The van der Waals surface area contributed by atoms with Crippen molar-refractivity contribution in [3.05, 3.63) is 54.1 Å². The predicted octanol–water partition coefficient (Wildman–Crippen LogP) is 2.49. The highest BCUT2D eigenvalue weighted by atomic mass is 19.1. The molecule has 1 saturated heterocycles. The number of pyridine rings is 1. The molecular weight excluding hydrogens is 309 g/mol. The van der Waals surface area contributed by atoms with Crippen LogP contribution >= 0.6 is 0 Å². The second kappa shape index (κ2) is 7.29. The van der Waals surface area contributed by atoms with Crippen LogP contribution in [-0.4, -0.2) is 37.6 Å². The molecule has 0 saturated carbocycles. The first kappa shape index (κ1) is 16.2. The fourth-order valence-corrected chi connectivity index (χ4v) is 3.00. The smallest absolute Gasteiger partial charge is 0.254 e. The number of benzene rings is 1. The molecule has 1 atom stereocenters. The van der Waals surface area contributed by atoms with E-state index in [1.807, 2.05) is 24.3 Å². The van der Waals surface area contributed by atoms with E-state index < -0.39 is 11.7 Å². The van der Waals surface area contributed by atoms with Crippen LogP contribution in [0.2, 0.25) is 0 Å². The average molecular weight is 329 g/mol. The third-order valence-electron chi connectivity index (χ3n) is 4.28. The molecule has 0 spiro atoms. The lowest BCUT2D eigenvalue weighted by Gasteiger charge is -2.21. The highest BCUT2D eigenvalue weighted by Crippen LogP contribution is 2.31. The quantitative estimate of drug-likeness (QED) is 0.916. The van der Waals surface area contributed by atoms with Crippen molar-refractivity contribution in [3.63, 3.8) is 0 Å². The van der Waals surface area contributed by atoms with Gasteiger partial charge in [0.2, 0.25) is 0 Å². The molecule has 1 aromatic carbocycles. The highest BCUT2D eigenvalue weighted by Gasteiger charge is 2.25. The Labute approximate surface area is 140 Å². The molecule has 0 bridgehead atoms. The summed E-state index contributed by atoms with van der Waals surface area (Å²) in [6.45, 7) is 2.26. The second-order valence-corrected chi connectivity index (χ2v) is 5.84. The fourth-order valence-electron chi connectivity index (χ4n) is 3.00. The van der Waals surface area contributed by atoms with Gasteiger partial charge in [-0.15, -0.1) is 0 Å². The number of hydrogen-bond acceptors (Lipinski definition) is 4. The summed E-state index contributed by atoms with van der Waals surface area (Å²) in [5, 5.41) is 2.82. The third kappa shape index (κ3) is 3.48. The number of aromatic nitrogens is 1. The lowest BCUT2D eigenvalue weighted by atomic mass is 10.1. The van der Waals surface area contributed by atoms with Crippen molar-refractivity contribution in [2.75, 3.05) is 31.6 Å². The number of para-hydroxylation sites is 2. The van der Waals surface area contributed by atoms with E-state index in [0.29, 0.717) is 12.5 Å². The van der Waals surface area contributed by atoms with Crippen LogP contribution < -0.4 is 15.0 Å². The lowest BCUT2D eigenvalue weighted by Crippen LogP contribution is -2.31. The molecule has 1 aliphatic rings. The molecule has 3 rings (SSSR count). The van der Waals surface area contributed by atoms with Gasteiger partial charge in [0, 0.05) is 25.8 Å². The van der Waals surface area contributed by atoms with Gasteiger partial charge >= 0.3 is 0 Å². The van der Waals surface area contributed by atoms with Gasteiger partial charge in [-0.2, -0.15) is 0 Å². The minimum atomic E-state index is -0.600. The van der Waals surface area contributed by atoms with E-state index in [-0.39, 0.29) is 5.56 Å². The molecule has 0 aliphatic carbocycles. The highest BCUT2D eigenvalue weighted by molar-refractivity contribution is 5.94. The molecule has 2 heterocycles. The zero-order valence-corrected chi connectivity index (χ0v) is 13.5. The number of halogens is 1. The molecule has 2 aromatic rings. The molecule has 1 unspecified atom stereocenters. The van der Waals surface area contributed by atoms with Crippen molar-refractivity contribution in [3.8, 4) is 5.75 Å². The van der Waals surface area contributed by atoms with Crippen LogP contribution in [0, 0.1) is 11.7 Å². The minimum Gasteiger partial charge on any atom is -0.495 e. The van der Waals surface area contributed by atoms with Gasteiger partial charge in [-0.3, -0.25) is 9.78 Å². The first-order chi connectivity index (χ1) is 11.7. The van der Waals surface area contributed by atoms with E-state index in [1.165, 1.54) is 12.3 Å². The molecule has 126 valence electrons. The summed E-state index contributed by atoms with van der Waals surface area (Å²) in [6.07, 6.45) is 3.43. The first-order valence-electron chi connectivity index (χ1n) is 7.94. The Morgan fingerprint density at radius 3 is 3.04 bits per heavy atom. The topological polar surface area (TPSA) is 54.5 Å². The Kier molecular flexibility index (Phi) is 4.93. The van der Waals surface area contributed by atoms with Gasteiger partial charge in [0.1, 0.15) is 5.75 Å². The molecule has 1 fully saturated rings. The number of anilines is 1. The third-order valence-corrected chi connectivity index (χ3v) is 4.28. The van der Waals surface area contributed by atoms with E-state index >= 15 is 0 Å². The van der Waals surface area contributed by atoms with Crippen molar-refractivity contribution in [1.29, 1.82) is 0 Å². The second-order valence-electron chi connectivity index (χ2n) is 5.84. The molecule has 1 aromatic heterocycles. The van der Waals surface area contributed by atoms with Crippen molar-refractivity contribution in [2.24, 2.45) is 5.92 Å². The number of nitrogens with zero attached hydrogens (tertiary/aromatic N) is 2. The summed E-state index contributed by atoms with van der Waals surface area (Å²) in [6, 6.07) is 9.29. The van der Waals surface area contributed by atoms with E-state index in [9.17, 15) is 9.18 Å². The lowest BCUT2D eigenvalue weighted by molar-refractivity contribution is 0.0944. The number of rotatable bonds is 5. The van der Waals surface area contributed by atoms with Crippen LogP contribution in [0.25, 0.3) is 0 Å². The van der Waals surface area contributed by atoms with Gasteiger partial charge < -0.3 is 15.0 Å². The van der Waals surface area contributed by atoms with E-state index in [0.717, 1.165) is 37.1 Å². The maximum Gasteiger partial charge on any atom is 0.254 e. The number of carbonyl (C=O) groups excluding carboxylic acids is 1. The molecule has 6 heteroatoms. The molecule has 1 aliphatic heterocycles. The van der Waals surface area contributed by atoms with Crippen LogP contribution in [0.15, 0.2) is 42.7 Å². The Balaban J connectivity index is 1.57. The largest absolute Gasteiger partial charge is 0.495 e. The summed E-state index contributed by atoms with van der Waals surface area (Å²) in [5.41, 5.74) is 1.10. The molecular formula is C18H20FN3O2. The van der Waals surface area contributed by atoms with E-state index in [2.05, 4.69) is 15.2 Å². The maximum atomic E-state index is 13.6. The Hall–Kier alpha value is -2.63. The van der Waals surface area contributed by atoms with Crippen molar-refractivity contribution in [1.82, 2.24) is 10.3 Å². The molecule has 1 N–H and O–H groups in total. The van der Waals surface area contributed by atoms with Crippen molar-refractivity contribution < 1.29 is 13.9 Å². The summed E-state index contributed by atoms with van der Waals surface area (Å²) in [7, 11) is 1.66. The molecule has 1 amide bonds. The van der Waals surface area contributed by atoms with Gasteiger partial charge in [-0.05, 0) is 30.5 Å². The van der Waals surface area contributed by atoms with Crippen LogP contribution in [0.3, 0.4) is 0 Å². The number of carbonyl (C=O) groups is 1. The fraction of sp³-hybridized carbons (Fsp3) is 0.333. The number of nitrogens with one attached hydrogen (secondary N) is 1. The van der Waals surface area contributed by atoms with Gasteiger partial charge in [-0.1, -0.05) is 12.1 Å². The number of ether oxygens (including phenoxy) is 1. The number of amides is 1. The summed E-state index contributed by atoms with van der Waals surface area (Å²) >= 11 is 0. The first-order valence-corrected chi connectivity index (χ1v) is 7.94. The Morgan fingerprint density at radius 1 is 1.42 bits per heavy atom. The van der Waals surface area contributed by atoms with E-state index in [1.54, 1.807) is 7.11 Å². The van der Waals surface area contributed by atoms with Gasteiger partial charge in [0.15, 0.2) is 5.82 Å². The summed E-state index contributed by atoms with van der Waals surface area (Å²) in [4.78, 5) is 18.0. The van der Waals surface area contributed by atoms with Crippen LogP contribution in [0.5, 0.6) is 5.75 Å². The zero-order valence-electron chi connectivity index (χ0n) is 13.5. The van der Waals surface area contributed by atoms with Crippen molar-refractivity contribution in [2.45, 2.75) is 6.42 Å². The maximum absolute atomic E-state index is 13.6. The predicted molar refractivity (Wildman–Crippen MR) is 89.8 cm³/mol. The number of hydrogen-bond donors (Lipinski definition) is 1. The van der Waals surface area contributed by atoms with Crippen LogP contribution in [-0.2, 0) is 0 Å².